The van der Waals surface area contributed by atoms with Crippen molar-refractivity contribution in [3.8, 4) is 11.5 Å². The van der Waals surface area contributed by atoms with E-state index < -0.39 is 0 Å². The van der Waals surface area contributed by atoms with Crippen LogP contribution < -0.4 is 14.8 Å². The van der Waals surface area contributed by atoms with E-state index in [2.05, 4.69) is 16.3 Å². The molecule has 0 bridgehead atoms. The maximum absolute atomic E-state index is 5.54. The average Bonchev–Trinajstić information content (AvgIpc) is 3.01. The molecule has 0 amide bonds. The molecule has 2 aliphatic heterocycles. The zero-order valence-electron chi connectivity index (χ0n) is 11.8. The lowest BCUT2D eigenvalue weighted by Gasteiger charge is -2.15. The van der Waals surface area contributed by atoms with Crippen LogP contribution in [0.15, 0.2) is 18.2 Å². The van der Waals surface area contributed by atoms with Gasteiger partial charge in [-0.1, -0.05) is 12.1 Å². The summed E-state index contributed by atoms with van der Waals surface area (Å²) in [5.41, 5.74) is 1.21. The van der Waals surface area contributed by atoms with Gasteiger partial charge in [0, 0.05) is 24.7 Å². The lowest BCUT2D eigenvalue weighted by Crippen LogP contribution is -2.27. The molecule has 108 valence electrons. The molecule has 4 rings (SSSR count). The Morgan fingerprint density at radius 3 is 3.05 bits per heavy atom. The fraction of sp³-hybridized carbons (Fsp3) is 0.625. The first kappa shape index (κ1) is 12.5. The van der Waals surface area contributed by atoms with Crippen LogP contribution in [0.2, 0.25) is 0 Å². The van der Waals surface area contributed by atoms with Gasteiger partial charge in [0.1, 0.15) is 0 Å². The molecule has 0 radical (unpaired) electrons. The van der Waals surface area contributed by atoms with E-state index in [1.54, 1.807) is 0 Å². The van der Waals surface area contributed by atoms with Gasteiger partial charge < -0.3 is 19.7 Å². The number of hydrogen-bond acceptors (Lipinski definition) is 4. The first-order valence-electron chi connectivity index (χ1n) is 7.72. The maximum Gasteiger partial charge on any atom is 0.231 e. The van der Waals surface area contributed by atoms with Crippen molar-refractivity contribution in [2.24, 2.45) is 5.92 Å². The number of fused-ring (bicyclic) bond motifs is 1. The fourth-order valence-corrected chi connectivity index (χ4v) is 3.34. The zero-order valence-corrected chi connectivity index (χ0v) is 11.8. The molecule has 0 spiro atoms. The molecular formula is C16H22N2O2. The lowest BCUT2D eigenvalue weighted by atomic mass is 10.1. The molecule has 1 aliphatic carbocycles. The molecule has 1 unspecified atom stereocenters. The van der Waals surface area contributed by atoms with Gasteiger partial charge in [0.15, 0.2) is 11.5 Å². The minimum atomic E-state index is 0.353. The molecule has 0 aromatic heterocycles. The van der Waals surface area contributed by atoms with Crippen molar-refractivity contribution >= 4 is 0 Å². The highest BCUT2D eigenvalue weighted by Gasteiger charge is 2.34. The number of para-hydroxylation sites is 1. The molecule has 1 aromatic carbocycles. The SMILES string of the molecule is c1cc(CNCC2CCN(C3CC3)C2)c2c(c1)OCO2. The number of likely N-dealkylation sites (tertiary alicyclic amines) is 1. The normalized spacial score (nSPS) is 25.3. The molecule has 4 heteroatoms. The number of hydrogen-bond donors (Lipinski definition) is 1. The van der Waals surface area contributed by atoms with Crippen LogP contribution in [0, 0.1) is 5.92 Å². The Morgan fingerprint density at radius 2 is 2.15 bits per heavy atom. The van der Waals surface area contributed by atoms with Crippen LogP contribution in [0.3, 0.4) is 0 Å². The molecule has 1 aromatic rings. The number of benzene rings is 1. The molecular weight excluding hydrogens is 252 g/mol. The third-order valence-electron chi connectivity index (χ3n) is 4.61. The summed E-state index contributed by atoms with van der Waals surface area (Å²) in [6.07, 6.45) is 4.19. The van der Waals surface area contributed by atoms with Gasteiger partial charge in [-0.25, -0.2) is 0 Å². The molecule has 3 aliphatic rings. The highest BCUT2D eigenvalue weighted by atomic mass is 16.7. The minimum absolute atomic E-state index is 0.353. The van der Waals surface area contributed by atoms with Gasteiger partial charge in [-0.2, -0.15) is 0 Å². The summed E-state index contributed by atoms with van der Waals surface area (Å²) in [6.45, 7) is 4.91. The van der Waals surface area contributed by atoms with Crippen molar-refractivity contribution in [1.29, 1.82) is 0 Å². The average molecular weight is 274 g/mol. The summed E-state index contributed by atoms with van der Waals surface area (Å²) in [6, 6.07) is 7.04. The zero-order chi connectivity index (χ0) is 13.4. The largest absolute Gasteiger partial charge is 0.454 e. The van der Waals surface area contributed by atoms with Crippen LogP contribution in [0.1, 0.15) is 24.8 Å². The van der Waals surface area contributed by atoms with E-state index in [9.17, 15) is 0 Å². The number of rotatable bonds is 5. The lowest BCUT2D eigenvalue weighted by molar-refractivity contribution is 0.173. The van der Waals surface area contributed by atoms with Crippen LogP contribution >= 0.6 is 0 Å². The Labute approximate surface area is 120 Å². The van der Waals surface area contributed by atoms with Gasteiger partial charge in [0.2, 0.25) is 6.79 Å². The summed E-state index contributed by atoms with van der Waals surface area (Å²) in [5, 5.41) is 3.59. The summed E-state index contributed by atoms with van der Waals surface area (Å²) in [7, 11) is 0. The molecule has 4 nitrogen and oxygen atoms in total. The third kappa shape index (κ3) is 2.50. The van der Waals surface area contributed by atoms with Gasteiger partial charge in [-0.05, 0) is 44.3 Å². The van der Waals surface area contributed by atoms with E-state index in [0.29, 0.717) is 6.79 Å². The molecule has 1 saturated heterocycles. The van der Waals surface area contributed by atoms with Gasteiger partial charge in [0.25, 0.3) is 0 Å². The first-order chi connectivity index (χ1) is 9.90. The predicted octanol–water partition coefficient (Wildman–Crippen LogP) is 1.99. The van der Waals surface area contributed by atoms with Gasteiger partial charge in [-0.15, -0.1) is 0 Å². The van der Waals surface area contributed by atoms with Crippen LogP contribution in [-0.4, -0.2) is 37.4 Å². The second kappa shape index (κ2) is 5.26. The first-order valence-corrected chi connectivity index (χ1v) is 7.72. The predicted molar refractivity (Wildman–Crippen MR) is 77.0 cm³/mol. The van der Waals surface area contributed by atoms with Crippen LogP contribution in [-0.2, 0) is 6.54 Å². The molecule has 1 atom stereocenters. The topological polar surface area (TPSA) is 33.7 Å². The van der Waals surface area contributed by atoms with Crippen molar-refractivity contribution in [3.05, 3.63) is 23.8 Å². The van der Waals surface area contributed by atoms with Crippen molar-refractivity contribution in [2.45, 2.75) is 31.8 Å². The number of ether oxygens (including phenoxy) is 2. The Kier molecular flexibility index (Phi) is 3.28. The van der Waals surface area contributed by atoms with Crippen LogP contribution in [0.4, 0.5) is 0 Å². The van der Waals surface area contributed by atoms with E-state index in [-0.39, 0.29) is 0 Å². The molecule has 20 heavy (non-hydrogen) atoms. The van der Waals surface area contributed by atoms with Crippen LogP contribution in [0.5, 0.6) is 11.5 Å². The van der Waals surface area contributed by atoms with Crippen molar-refractivity contribution < 1.29 is 9.47 Å². The number of nitrogens with zero attached hydrogens (tertiary/aromatic N) is 1. The summed E-state index contributed by atoms with van der Waals surface area (Å²) in [5.74, 6) is 2.61. The standard InChI is InChI=1S/C16H22N2O2/c1-2-13(16-15(3-1)19-11-20-16)9-17-8-12-6-7-18(10-12)14-4-5-14/h1-3,12,14,17H,4-11H2. The second-order valence-electron chi connectivity index (χ2n) is 6.16. The fourth-order valence-electron chi connectivity index (χ4n) is 3.34. The Bertz CT molecular complexity index is 487. The third-order valence-corrected chi connectivity index (χ3v) is 4.61. The second-order valence-corrected chi connectivity index (χ2v) is 6.16. The maximum atomic E-state index is 5.54. The van der Waals surface area contributed by atoms with E-state index in [0.717, 1.165) is 36.5 Å². The van der Waals surface area contributed by atoms with Gasteiger partial charge in [0.05, 0.1) is 0 Å². The number of nitrogens with one attached hydrogen (secondary N) is 1. The monoisotopic (exact) mass is 274 g/mol. The Hall–Kier alpha value is -1.26. The van der Waals surface area contributed by atoms with Crippen LogP contribution in [0.25, 0.3) is 0 Å². The highest BCUT2D eigenvalue weighted by molar-refractivity contribution is 5.48. The highest BCUT2D eigenvalue weighted by Crippen LogP contribution is 2.35. The summed E-state index contributed by atoms with van der Waals surface area (Å²) < 4.78 is 10.9. The van der Waals surface area contributed by atoms with E-state index in [4.69, 9.17) is 9.47 Å². The van der Waals surface area contributed by atoms with Crippen molar-refractivity contribution in [3.63, 3.8) is 0 Å². The molecule has 2 fully saturated rings. The summed E-state index contributed by atoms with van der Waals surface area (Å²) in [4.78, 5) is 2.67. The molecule has 1 saturated carbocycles. The Morgan fingerprint density at radius 1 is 1.20 bits per heavy atom. The quantitative estimate of drug-likeness (QED) is 0.890. The van der Waals surface area contributed by atoms with E-state index in [1.807, 2.05) is 12.1 Å². The van der Waals surface area contributed by atoms with Crippen molar-refractivity contribution in [1.82, 2.24) is 10.2 Å². The van der Waals surface area contributed by atoms with Gasteiger partial charge >= 0.3 is 0 Å². The Balaban J connectivity index is 1.28. The van der Waals surface area contributed by atoms with Gasteiger partial charge in [-0.3, -0.25) is 0 Å². The minimum Gasteiger partial charge on any atom is -0.454 e. The smallest absolute Gasteiger partial charge is 0.231 e. The van der Waals surface area contributed by atoms with E-state index >= 15 is 0 Å². The van der Waals surface area contributed by atoms with Crippen molar-refractivity contribution in [2.75, 3.05) is 26.4 Å². The summed E-state index contributed by atoms with van der Waals surface area (Å²) >= 11 is 0. The molecule has 1 N–H and O–H groups in total. The van der Waals surface area contributed by atoms with E-state index in [1.165, 1.54) is 37.9 Å². The molecule has 2 heterocycles.